The lowest BCUT2D eigenvalue weighted by Crippen LogP contribution is -1.87. The first-order valence-electron chi connectivity index (χ1n) is 5.19. The van der Waals surface area contributed by atoms with Crippen LogP contribution in [0.4, 0.5) is 0 Å². The van der Waals surface area contributed by atoms with Gasteiger partial charge in [0.2, 0.25) is 0 Å². The molecule has 1 aliphatic heterocycles. The molecule has 1 aromatic heterocycles. The molecule has 82 valence electrons. The highest BCUT2D eigenvalue weighted by Crippen LogP contribution is 2.31. The zero-order chi connectivity index (χ0) is 11.7. The van der Waals surface area contributed by atoms with Crippen LogP contribution >= 0.6 is 11.3 Å². The summed E-state index contributed by atoms with van der Waals surface area (Å²) >= 11 is 1.52. The zero-order valence-electron chi connectivity index (χ0n) is 8.88. The number of rotatable bonds is 1. The number of ether oxygens (including phenoxy) is 1. The molecule has 3 rings (SSSR count). The van der Waals surface area contributed by atoms with Crippen LogP contribution in [0.5, 0.6) is 0 Å². The van der Waals surface area contributed by atoms with Crippen LogP contribution < -0.4 is 0 Å². The largest absolute Gasteiger partial charge is 0.468 e. The second-order valence-electron chi connectivity index (χ2n) is 3.59. The lowest BCUT2D eigenvalue weighted by Gasteiger charge is -1.99. The van der Waals surface area contributed by atoms with Gasteiger partial charge in [-0.25, -0.2) is 4.98 Å². The average molecular weight is 240 g/mol. The Hall–Kier alpha value is -2.12. The normalized spacial score (nSPS) is 16.9. The molecule has 3 nitrogen and oxygen atoms in total. The molecule has 0 atom stereocenters. The molecule has 0 spiro atoms. The molecule has 0 aliphatic carbocycles. The maximum Gasteiger partial charge on any atom is 0.138 e. The topological polar surface area (TPSA) is 45.9 Å². The molecule has 0 unspecified atom stereocenters. The van der Waals surface area contributed by atoms with Crippen molar-refractivity contribution in [3.63, 3.8) is 0 Å². The van der Waals surface area contributed by atoms with Gasteiger partial charge in [-0.05, 0) is 18.2 Å². The van der Waals surface area contributed by atoms with E-state index in [0.717, 1.165) is 15.2 Å². The van der Waals surface area contributed by atoms with Crippen LogP contribution in [0.2, 0.25) is 0 Å². The molecule has 2 aromatic rings. The molecule has 17 heavy (non-hydrogen) atoms. The van der Waals surface area contributed by atoms with E-state index in [1.54, 1.807) is 6.26 Å². The minimum atomic E-state index is 0.538. The molecule has 0 saturated heterocycles. The van der Waals surface area contributed by atoms with Crippen molar-refractivity contribution in [2.24, 2.45) is 0 Å². The summed E-state index contributed by atoms with van der Waals surface area (Å²) in [5.41, 5.74) is 1.46. The van der Waals surface area contributed by atoms with Crippen LogP contribution in [-0.2, 0) is 4.74 Å². The maximum atomic E-state index is 9.22. The summed E-state index contributed by atoms with van der Waals surface area (Å²) in [6, 6.07) is 10.0. The Balaban J connectivity index is 2.14. The van der Waals surface area contributed by atoms with Crippen molar-refractivity contribution < 1.29 is 4.74 Å². The van der Waals surface area contributed by atoms with Crippen molar-refractivity contribution in [3.05, 3.63) is 47.4 Å². The molecule has 1 aliphatic rings. The van der Waals surface area contributed by atoms with Crippen molar-refractivity contribution in [2.75, 3.05) is 0 Å². The van der Waals surface area contributed by atoms with E-state index < -0.39 is 0 Å². The third-order valence-electron chi connectivity index (χ3n) is 2.51. The number of allylic oxidation sites excluding steroid dienone is 2. The van der Waals surface area contributed by atoms with Gasteiger partial charge in [-0.15, -0.1) is 11.3 Å². The van der Waals surface area contributed by atoms with Crippen LogP contribution in [-0.4, -0.2) is 4.98 Å². The van der Waals surface area contributed by atoms with Crippen LogP contribution in [0.3, 0.4) is 0 Å². The minimum absolute atomic E-state index is 0.538. The molecule has 0 saturated carbocycles. The fraction of sp³-hybridized carbons (Fsp3) is 0.0769. The van der Waals surface area contributed by atoms with Crippen molar-refractivity contribution in [3.8, 4) is 6.07 Å². The second-order valence-corrected chi connectivity index (χ2v) is 4.62. The van der Waals surface area contributed by atoms with Crippen LogP contribution in [0, 0.1) is 11.3 Å². The summed E-state index contributed by atoms with van der Waals surface area (Å²) in [6.45, 7) is 0. The number of benzene rings is 1. The number of aromatic nitrogens is 1. The maximum absolute atomic E-state index is 9.22. The molecule has 0 fully saturated rings. The predicted octanol–water partition coefficient (Wildman–Crippen LogP) is 3.46. The molecule has 2 heterocycles. The van der Waals surface area contributed by atoms with Gasteiger partial charge in [0.15, 0.2) is 0 Å². The number of fused-ring (bicyclic) bond motifs is 1. The zero-order valence-corrected chi connectivity index (χ0v) is 9.70. The van der Waals surface area contributed by atoms with Gasteiger partial charge < -0.3 is 4.74 Å². The summed E-state index contributed by atoms with van der Waals surface area (Å²) in [6.07, 6.45) is 4.17. The quantitative estimate of drug-likeness (QED) is 0.717. The third kappa shape index (κ3) is 1.71. The van der Waals surface area contributed by atoms with E-state index in [4.69, 9.17) is 4.74 Å². The molecule has 0 N–H and O–H groups in total. The standard InChI is InChI=1S/C13H8N2OS/c14-8-9(11-5-3-7-16-11)13-15-10-4-1-2-6-12(10)17-13/h1-4,6-7H,5H2. The summed E-state index contributed by atoms with van der Waals surface area (Å²) < 4.78 is 6.38. The first-order valence-corrected chi connectivity index (χ1v) is 6.01. The lowest BCUT2D eigenvalue weighted by atomic mass is 10.2. The van der Waals surface area contributed by atoms with Crippen LogP contribution in [0.15, 0.2) is 42.4 Å². The number of thiazole rings is 1. The Bertz CT molecular complexity index is 633. The highest BCUT2D eigenvalue weighted by molar-refractivity contribution is 7.19. The second kappa shape index (κ2) is 4.04. The monoisotopic (exact) mass is 240 g/mol. The first kappa shape index (κ1) is 10.1. The van der Waals surface area contributed by atoms with Crippen molar-refractivity contribution in [2.45, 2.75) is 6.42 Å². The number of nitrogens with zero attached hydrogens (tertiary/aromatic N) is 2. The molecular formula is C13H8N2OS. The van der Waals surface area contributed by atoms with E-state index >= 15 is 0 Å². The van der Waals surface area contributed by atoms with Gasteiger partial charge in [-0.1, -0.05) is 12.1 Å². The molecule has 1 aromatic carbocycles. The first-order chi connectivity index (χ1) is 8.38. The van der Waals surface area contributed by atoms with Crippen LogP contribution in [0.1, 0.15) is 11.4 Å². The van der Waals surface area contributed by atoms with E-state index in [1.165, 1.54) is 11.3 Å². The van der Waals surface area contributed by atoms with Gasteiger partial charge >= 0.3 is 0 Å². The highest BCUT2D eigenvalue weighted by Gasteiger charge is 2.16. The number of hydrogen-bond donors (Lipinski definition) is 0. The number of nitriles is 1. The summed E-state index contributed by atoms with van der Waals surface area (Å²) in [4.78, 5) is 4.46. The van der Waals surface area contributed by atoms with E-state index in [2.05, 4.69) is 11.1 Å². The van der Waals surface area contributed by atoms with Gasteiger partial charge in [-0.3, -0.25) is 0 Å². The Morgan fingerprint density at radius 2 is 2.29 bits per heavy atom. The summed E-state index contributed by atoms with van der Waals surface area (Å²) in [7, 11) is 0. The van der Waals surface area contributed by atoms with Crippen molar-refractivity contribution in [1.82, 2.24) is 4.98 Å². The van der Waals surface area contributed by atoms with Gasteiger partial charge in [0.1, 0.15) is 22.4 Å². The van der Waals surface area contributed by atoms with Gasteiger partial charge in [-0.2, -0.15) is 5.26 Å². The Morgan fingerprint density at radius 3 is 3.00 bits per heavy atom. The summed E-state index contributed by atoms with van der Waals surface area (Å²) in [5.74, 6) is 0.687. The third-order valence-corrected chi connectivity index (χ3v) is 3.56. The number of hydrogen-bond acceptors (Lipinski definition) is 4. The molecular weight excluding hydrogens is 232 g/mol. The predicted molar refractivity (Wildman–Crippen MR) is 67.0 cm³/mol. The molecule has 0 bridgehead atoms. The Morgan fingerprint density at radius 1 is 1.41 bits per heavy atom. The Kier molecular flexibility index (Phi) is 2.39. The van der Waals surface area contributed by atoms with Gasteiger partial charge in [0.25, 0.3) is 0 Å². The molecule has 4 heteroatoms. The lowest BCUT2D eigenvalue weighted by molar-refractivity contribution is 0.370. The van der Waals surface area contributed by atoms with E-state index in [0.29, 0.717) is 17.8 Å². The van der Waals surface area contributed by atoms with Crippen molar-refractivity contribution >= 4 is 27.1 Å². The SMILES string of the molecule is N#CC(=C1CC=CO1)c1nc2ccccc2s1. The Labute approximate surface area is 102 Å². The van der Waals surface area contributed by atoms with Crippen molar-refractivity contribution in [1.29, 1.82) is 5.26 Å². The van der Waals surface area contributed by atoms with E-state index in [1.807, 2.05) is 30.3 Å². The molecule has 0 radical (unpaired) electrons. The van der Waals surface area contributed by atoms with E-state index in [9.17, 15) is 5.26 Å². The minimum Gasteiger partial charge on any atom is -0.468 e. The fourth-order valence-corrected chi connectivity index (χ4v) is 2.68. The highest BCUT2D eigenvalue weighted by atomic mass is 32.1. The van der Waals surface area contributed by atoms with Gasteiger partial charge in [0.05, 0.1) is 16.5 Å². The fourth-order valence-electron chi connectivity index (χ4n) is 1.70. The van der Waals surface area contributed by atoms with Gasteiger partial charge in [0, 0.05) is 6.42 Å². The number of para-hydroxylation sites is 1. The van der Waals surface area contributed by atoms with E-state index in [-0.39, 0.29) is 0 Å². The molecule has 0 amide bonds. The smallest absolute Gasteiger partial charge is 0.138 e. The van der Waals surface area contributed by atoms with Crippen LogP contribution in [0.25, 0.3) is 15.8 Å². The average Bonchev–Trinajstić information content (AvgIpc) is 2.98. The summed E-state index contributed by atoms with van der Waals surface area (Å²) in [5, 5.41) is 9.95.